The number of rotatable bonds is 4. The second-order valence-corrected chi connectivity index (χ2v) is 7.00. The summed E-state index contributed by atoms with van der Waals surface area (Å²) in [5, 5.41) is 6.49. The largest absolute Gasteiger partial charge is 0.497 e. The average molecular weight is 349 g/mol. The van der Waals surface area contributed by atoms with Crippen molar-refractivity contribution in [2.45, 2.75) is 26.3 Å². The van der Waals surface area contributed by atoms with E-state index in [1.165, 1.54) is 0 Å². The van der Waals surface area contributed by atoms with E-state index in [-0.39, 0.29) is 11.5 Å². The average Bonchev–Trinajstić information content (AvgIpc) is 3.22. The van der Waals surface area contributed by atoms with E-state index in [1.807, 2.05) is 59.3 Å². The molecule has 4 rings (SSSR count). The fourth-order valence-corrected chi connectivity index (χ4v) is 3.56. The predicted molar refractivity (Wildman–Crippen MR) is 102 cm³/mol. The molecule has 134 valence electrons. The molecule has 1 aliphatic heterocycles. The molecule has 3 heterocycles. The van der Waals surface area contributed by atoms with Crippen LogP contribution in [0.1, 0.15) is 32.0 Å². The van der Waals surface area contributed by atoms with Crippen LogP contribution in [0.4, 0.5) is 0 Å². The summed E-state index contributed by atoms with van der Waals surface area (Å²) < 4.78 is 7.27. The Bertz CT molecular complexity index is 979. The Morgan fingerprint density at radius 2 is 2.08 bits per heavy atom. The molecule has 0 radical (unpaired) electrons. The maximum atomic E-state index is 5.31. The van der Waals surface area contributed by atoms with E-state index in [0.717, 1.165) is 29.1 Å². The van der Waals surface area contributed by atoms with Gasteiger partial charge in [-0.25, -0.2) is 9.97 Å². The molecule has 0 bridgehead atoms. The summed E-state index contributed by atoms with van der Waals surface area (Å²) in [6.45, 7) is 4.41. The van der Waals surface area contributed by atoms with Gasteiger partial charge in [0, 0.05) is 36.6 Å². The van der Waals surface area contributed by atoms with Crippen molar-refractivity contribution < 1.29 is 4.74 Å². The normalized spacial score (nSPS) is 22.3. The highest BCUT2D eigenvalue weighted by molar-refractivity contribution is 5.69. The molecule has 2 aromatic heterocycles. The topological polar surface area (TPSA) is 55.0 Å². The van der Waals surface area contributed by atoms with Crippen LogP contribution in [-0.2, 0) is 0 Å². The van der Waals surface area contributed by atoms with Crippen molar-refractivity contribution in [1.82, 2.24) is 19.4 Å². The first-order chi connectivity index (χ1) is 12.5. The lowest BCUT2D eigenvalue weighted by Gasteiger charge is -2.31. The first-order valence-electron chi connectivity index (χ1n) is 8.82. The van der Waals surface area contributed by atoms with Crippen molar-refractivity contribution in [3.05, 3.63) is 48.4 Å². The summed E-state index contributed by atoms with van der Waals surface area (Å²) in [6.07, 6.45) is 7.06. The third kappa shape index (κ3) is 2.62. The zero-order chi connectivity index (χ0) is 18.3. The number of benzene rings is 1. The van der Waals surface area contributed by atoms with Gasteiger partial charge in [0.1, 0.15) is 5.75 Å². The van der Waals surface area contributed by atoms with Crippen LogP contribution in [0, 0.1) is 5.41 Å². The Hall–Kier alpha value is -2.89. The summed E-state index contributed by atoms with van der Waals surface area (Å²) in [5.74, 6) is 1.51. The van der Waals surface area contributed by atoms with Crippen LogP contribution < -0.4 is 4.74 Å². The third-order valence-electron chi connectivity index (χ3n) is 5.29. The standard InChI is InChI=1S/C20H23N5O/c1-5-20(2)13-21-24(3)18(20)16-9-10-25-12-17(23-19(25)22-16)14-7-6-8-15(11-14)26-4/h6-13,18H,5H2,1-4H3. The molecule has 2 atom stereocenters. The van der Waals surface area contributed by atoms with E-state index in [9.17, 15) is 0 Å². The SMILES string of the molecule is CCC1(C)C=NN(C)C1c1ccn2cc(-c3cccc(OC)c3)nc2n1. The number of nitrogens with zero attached hydrogens (tertiary/aromatic N) is 5. The minimum absolute atomic E-state index is 0.0255. The van der Waals surface area contributed by atoms with E-state index in [1.54, 1.807) is 7.11 Å². The van der Waals surface area contributed by atoms with Gasteiger partial charge in [-0.3, -0.25) is 9.41 Å². The Morgan fingerprint density at radius 3 is 2.85 bits per heavy atom. The second kappa shape index (κ2) is 6.12. The molecule has 0 amide bonds. The van der Waals surface area contributed by atoms with Gasteiger partial charge in [0.05, 0.1) is 24.5 Å². The summed E-state index contributed by atoms with van der Waals surface area (Å²) >= 11 is 0. The van der Waals surface area contributed by atoms with Crippen molar-refractivity contribution in [3.63, 3.8) is 0 Å². The van der Waals surface area contributed by atoms with Gasteiger partial charge in [-0.2, -0.15) is 5.10 Å². The molecule has 6 nitrogen and oxygen atoms in total. The zero-order valence-corrected chi connectivity index (χ0v) is 15.5. The van der Waals surface area contributed by atoms with Crippen molar-refractivity contribution in [2.75, 3.05) is 14.2 Å². The van der Waals surface area contributed by atoms with Crippen LogP contribution in [0.5, 0.6) is 5.75 Å². The van der Waals surface area contributed by atoms with Gasteiger partial charge >= 0.3 is 0 Å². The van der Waals surface area contributed by atoms with E-state index in [2.05, 4.69) is 25.0 Å². The van der Waals surface area contributed by atoms with Gasteiger partial charge in [-0.05, 0) is 24.6 Å². The van der Waals surface area contributed by atoms with Gasteiger partial charge in [0.2, 0.25) is 5.78 Å². The molecule has 0 saturated carbocycles. The lowest BCUT2D eigenvalue weighted by Crippen LogP contribution is -2.30. The number of ether oxygens (including phenoxy) is 1. The van der Waals surface area contributed by atoms with Gasteiger partial charge in [-0.1, -0.05) is 26.0 Å². The summed E-state index contributed by atoms with van der Waals surface area (Å²) in [7, 11) is 3.67. The molecule has 0 N–H and O–H groups in total. The zero-order valence-electron chi connectivity index (χ0n) is 15.5. The van der Waals surface area contributed by atoms with Crippen molar-refractivity contribution in [2.24, 2.45) is 10.5 Å². The fraction of sp³-hybridized carbons (Fsp3) is 0.350. The summed E-state index contributed by atoms with van der Waals surface area (Å²) in [6, 6.07) is 10.1. The Kier molecular flexibility index (Phi) is 3.90. The molecule has 0 fully saturated rings. The number of hydrogen-bond acceptors (Lipinski definition) is 5. The maximum absolute atomic E-state index is 5.31. The van der Waals surface area contributed by atoms with E-state index >= 15 is 0 Å². The molecule has 0 aliphatic carbocycles. The molecule has 1 aliphatic rings. The van der Waals surface area contributed by atoms with Gasteiger partial charge in [0.15, 0.2) is 0 Å². The third-order valence-corrected chi connectivity index (χ3v) is 5.29. The molecule has 3 aromatic rings. The van der Waals surface area contributed by atoms with Gasteiger partial charge in [0.25, 0.3) is 0 Å². The highest BCUT2D eigenvalue weighted by atomic mass is 16.5. The second-order valence-electron chi connectivity index (χ2n) is 7.00. The molecular weight excluding hydrogens is 326 g/mol. The number of methoxy groups -OCH3 is 1. The molecule has 2 unspecified atom stereocenters. The van der Waals surface area contributed by atoms with Crippen LogP contribution >= 0.6 is 0 Å². The van der Waals surface area contributed by atoms with Crippen molar-refractivity contribution in [3.8, 4) is 17.0 Å². The number of hydrogen-bond donors (Lipinski definition) is 0. The lowest BCUT2D eigenvalue weighted by atomic mass is 9.80. The fourth-order valence-electron chi connectivity index (χ4n) is 3.56. The molecule has 26 heavy (non-hydrogen) atoms. The minimum atomic E-state index is -0.0255. The monoisotopic (exact) mass is 349 g/mol. The first kappa shape index (κ1) is 16.6. The summed E-state index contributed by atoms with van der Waals surface area (Å²) in [5.41, 5.74) is 2.85. The number of hydrazone groups is 1. The molecule has 6 heteroatoms. The van der Waals surface area contributed by atoms with Crippen LogP contribution in [-0.4, -0.2) is 39.7 Å². The van der Waals surface area contributed by atoms with Crippen LogP contribution in [0.3, 0.4) is 0 Å². The lowest BCUT2D eigenvalue weighted by molar-refractivity contribution is 0.184. The Labute approximate surface area is 153 Å². The highest BCUT2D eigenvalue weighted by Crippen LogP contribution is 2.42. The smallest absolute Gasteiger partial charge is 0.234 e. The Balaban J connectivity index is 1.74. The minimum Gasteiger partial charge on any atom is -0.497 e. The van der Waals surface area contributed by atoms with Crippen LogP contribution in [0.15, 0.2) is 47.8 Å². The summed E-state index contributed by atoms with van der Waals surface area (Å²) in [4.78, 5) is 9.56. The predicted octanol–water partition coefficient (Wildman–Crippen LogP) is 3.79. The number of aromatic nitrogens is 3. The number of fused-ring (bicyclic) bond motifs is 1. The van der Waals surface area contributed by atoms with Crippen LogP contribution in [0.2, 0.25) is 0 Å². The van der Waals surface area contributed by atoms with E-state index in [4.69, 9.17) is 14.7 Å². The van der Waals surface area contributed by atoms with E-state index in [0.29, 0.717) is 5.78 Å². The molecule has 0 saturated heterocycles. The molecule has 1 aromatic carbocycles. The van der Waals surface area contributed by atoms with Gasteiger partial charge < -0.3 is 4.74 Å². The quantitative estimate of drug-likeness (QED) is 0.719. The molecule has 0 spiro atoms. The van der Waals surface area contributed by atoms with E-state index < -0.39 is 0 Å². The number of imidazole rings is 1. The van der Waals surface area contributed by atoms with Gasteiger partial charge in [-0.15, -0.1) is 0 Å². The Morgan fingerprint density at radius 1 is 1.23 bits per heavy atom. The van der Waals surface area contributed by atoms with Crippen LogP contribution in [0.25, 0.3) is 17.0 Å². The van der Waals surface area contributed by atoms with Crippen molar-refractivity contribution >= 4 is 12.0 Å². The maximum Gasteiger partial charge on any atom is 0.234 e. The van der Waals surface area contributed by atoms with Crippen molar-refractivity contribution in [1.29, 1.82) is 0 Å². The first-order valence-corrected chi connectivity index (χ1v) is 8.82. The highest BCUT2D eigenvalue weighted by Gasteiger charge is 2.40. The molecular formula is C20H23N5O.